The predicted octanol–water partition coefficient (Wildman–Crippen LogP) is 15.8. The van der Waals surface area contributed by atoms with Crippen molar-refractivity contribution in [2.75, 3.05) is 4.90 Å². The summed E-state index contributed by atoms with van der Waals surface area (Å²) in [4.78, 5) is 2.30. The molecule has 0 fully saturated rings. The Morgan fingerprint density at radius 1 is 0.375 bits per heavy atom. The van der Waals surface area contributed by atoms with E-state index in [1.54, 1.807) is 0 Å². The molecular formula is C52H31NO2S. The van der Waals surface area contributed by atoms with Gasteiger partial charge in [0.15, 0.2) is 0 Å². The van der Waals surface area contributed by atoms with Crippen LogP contribution < -0.4 is 4.90 Å². The first kappa shape index (κ1) is 31.2. The van der Waals surface area contributed by atoms with E-state index in [-0.39, 0.29) is 0 Å². The van der Waals surface area contributed by atoms with Crippen LogP contribution in [0.15, 0.2) is 197 Å². The third-order valence-corrected chi connectivity index (χ3v) is 12.5. The van der Waals surface area contributed by atoms with E-state index < -0.39 is 0 Å². The molecule has 0 N–H and O–H groups in total. The maximum Gasteiger partial charge on any atom is 0.144 e. The number of hydrogen-bond acceptors (Lipinski definition) is 4. The Labute approximate surface area is 325 Å². The Balaban J connectivity index is 0.927. The molecule has 12 rings (SSSR count). The van der Waals surface area contributed by atoms with Gasteiger partial charge in [0.05, 0.1) is 0 Å². The quantitative estimate of drug-likeness (QED) is 0.176. The SMILES string of the molecule is c1ccc(N(c2ccc(-c3ccc(-c4cc5c6ccccc6oc5c5c4sc4ccccc45)cc3)cc2)c2ccc3c(c2)oc2ccc4ccccc4c23)cc1. The zero-order chi connectivity index (χ0) is 36.7. The van der Waals surface area contributed by atoms with Gasteiger partial charge in [-0.25, -0.2) is 0 Å². The largest absolute Gasteiger partial charge is 0.456 e. The van der Waals surface area contributed by atoms with Gasteiger partial charge in [-0.2, -0.15) is 0 Å². The molecule has 0 saturated heterocycles. The molecule has 262 valence electrons. The molecule has 12 aromatic rings. The minimum absolute atomic E-state index is 0.875. The number of hydrogen-bond donors (Lipinski definition) is 0. The van der Waals surface area contributed by atoms with Gasteiger partial charge in [-0.1, -0.05) is 121 Å². The second-order valence-electron chi connectivity index (χ2n) is 14.4. The summed E-state index contributed by atoms with van der Waals surface area (Å²) in [5.74, 6) is 0. The molecule has 0 saturated carbocycles. The molecule has 0 aliphatic heterocycles. The van der Waals surface area contributed by atoms with E-state index in [1.165, 1.54) is 47.6 Å². The average molecular weight is 734 g/mol. The molecule has 0 amide bonds. The Bertz CT molecular complexity index is 3460. The van der Waals surface area contributed by atoms with Crippen molar-refractivity contribution in [3.63, 3.8) is 0 Å². The molecule has 0 aliphatic rings. The normalized spacial score (nSPS) is 11.9. The molecule has 9 aromatic carbocycles. The highest BCUT2D eigenvalue weighted by Gasteiger charge is 2.20. The van der Waals surface area contributed by atoms with Crippen molar-refractivity contribution < 1.29 is 8.83 Å². The summed E-state index contributed by atoms with van der Waals surface area (Å²) in [7, 11) is 0. The molecule has 3 nitrogen and oxygen atoms in total. The smallest absolute Gasteiger partial charge is 0.144 e. The highest BCUT2D eigenvalue weighted by molar-refractivity contribution is 7.26. The number of benzene rings is 9. The topological polar surface area (TPSA) is 29.5 Å². The third-order valence-electron chi connectivity index (χ3n) is 11.3. The lowest BCUT2D eigenvalue weighted by atomic mass is 9.97. The summed E-state index contributed by atoms with van der Waals surface area (Å²) in [6.07, 6.45) is 0. The fraction of sp³-hybridized carbons (Fsp3) is 0. The van der Waals surface area contributed by atoms with Crippen molar-refractivity contribution in [3.05, 3.63) is 188 Å². The van der Waals surface area contributed by atoms with E-state index in [2.05, 4.69) is 187 Å². The van der Waals surface area contributed by atoms with Crippen LogP contribution in [-0.2, 0) is 0 Å². The number of rotatable bonds is 5. The van der Waals surface area contributed by atoms with Crippen LogP contribution in [0.1, 0.15) is 0 Å². The van der Waals surface area contributed by atoms with Crippen LogP contribution in [-0.4, -0.2) is 0 Å². The number of fused-ring (bicyclic) bond motifs is 12. The van der Waals surface area contributed by atoms with Crippen molar-refractivity contribution in [2.45, 2.75) is 0 Å². The average Bonchev–Trinajstić information content (AvgIpc) is 3.95. The molecule has 0 atom stereocenters. The zero-order valence-electron chi connectivity index (χ0n) is 30.1. The lowest BCUT2D eigenvalue weighted by molar-refractivity contribution is 0.669. The van der Waals surface area contributed by atoms with Crippen LogP contribution in [0.4, 0.5) is 17.1 Å². The number of thiophene rings is 1. The van der Waals surface area contributed by atoms with Crippen molar-refractivity contribution in [3.8, 4) is 22.3 Å². The van der Waals surface area contributed by atoms with Gasteiger partial charge in [-0.05, 0) is 88.1 Å². The molecule has 4 heteroatoms. The van der Waals surface area contributed by atoms with E-state index in [4.69, 9.17) is 8.83 Å². The fourth-order valence-electron chi connectivity index (χ4n) is 8.62. The van der Waals surface area contributed by atoms with Crippen molar-refractivity contribution in [1.29, 1.82) is 0 Å². The van der Waals surface area contributed by atoms with Gasteiger partial charge in [0.2, 0.25) is 0 Å². The molecule has 0 unspecified atom stereocenters. The maximum atomic E-state index is 6.53. The van der Waals surface area contributed by atoms with Crippen molar-refractivity contribution >= 4 is 103 Å². The molecule has 0 bridgehead atoms. The summed E-state index contributed by atoms with van der Waals surface area (Å²) in [6.45, 7) is 0. The number of anilines is 3. The van der Waals surface area contributed by atoms with E-state index in [0.29, 0.717) is 0 Å². The highest BCUT2D eigenvalue weighted by Crippen LogP contribution is 2.47. The van der Waals surface area contributed by atoms with Gasteiger partial charge >= 0.3 is 0 Å². The Kier molecular flexibility index (Phi) is 6.80. The van der Waals surface area contributed by atoms with Gasteiger partial charge < -0.3 is 13.7 Å². The first-order valence-electron chi connectivity index (χ1n) is 18.9. The molecule has 0 radical (unpaired) electrons. The predicted molar refractivity (Wildman–Crippen MR) is 237 cm³/mol. The first-order valence-corrected chi connectivity index (χ1v) is 19.7. The van der Waals surface area contributed by atoms with E-state index in [1.807, 2.05) is 17.4 Å². The van der Waals surface area contributed by atoms with Crippen LogP contribution in [0.2, 0.25) is 0 Å². The zero-order valence-corrected chi connectivity index (χ0v) is 30.9. The van der Waals surface area contributed by atoms with Crippen molar-refractivity contribution in [2.24, 2.45) is 0 Å². The molecule has 56 heavy (non-hydrogen) atoms. The molecule has 0 spiro atoms. The lowest BCUT2D eigenvalue weighted by Gasteiger charge is -2.25. The van der Waals surface area contributed by atoms with Crippen LogP contribution in [0, 0.1) is 0 Å². The molecular weight excluding hydrogens is 703 g/mol. The van der Waals surface area contributed by atoms with Gasteiger partial charge in [0.25, 0.3) is 0 Å². The summed E-state index contributed by atoms with van der Waals surface area (Å²) >= 11 is 1.84. The monoisotopic (exact) mass is 733 g/mol. The molecule has 3 aromatic heterocycles. The second kappa shape index (κ2) is 12.2. The lowest BCUT2D eigenvalue weighted by Crippen LogP contribution is -2.09. The van der Waals surface area contributed by atoms with Gasteiger partial charge in [-0.3, -0.25) is 0 Å². The third kappa shape index (κ3) is 4.76. The van der Waals surface area contributed by atoms with Crippen LogP contribution in [0.25, 0.3) is 97.1 Å². The van der Waals surface area contributed by atoms with Crippen LogP contribution in [0.3, 0.4) is 0 Å². The Morgan fingerprint density at radius 2 is 1.04 bits per heavy atom. The molecule has 0 aliphatic carbocycles. The van der Waals surface area contributed by atoms with Gasteiger partial charge in [0.1, 0.15) is 22.3 Å². The summed E-state index contributed by atoms with van der Waals surface area (Å²) in [6, 6.07) is 67.1. The van der Waals surface area contributed by atoms with Crippen LogP contribution in [0.5, 0.6) is 0 Å². The summed E-state index contributed by atoms with van der Waals surface area (Å²) in [5.41, 5.74) is 11.6. The summed E-state index contributed by atoms with van der Waals surface area (Å²) in [5, 5.41) is 9.45. The van der Waals surface area contributed by atoms with Crippen molar-refractivity contribution in [1.82, 2.24) is 0 Å². The maximum absolute atomic E-state index is 6.53. The number of para-hydroxylation sites is 2. The van der Waals surface area contributed by atoms with E-state index >= 15 is 0 Å². The highest BCUT2D eigenvalue weighted by atomic mass is 32.1. The number of nitrogens with zero attached hydrogens (tertiary/aromatic N) is 1. The molecule has 3 heterocycles. The fourth-order valence-corrected chi connectivity index (χ4v) is 9.86. The minimum Gasteiger partial charge on any atom is -0.456 e. The van der Waals surface area contributed by atoms with Gasteiger partial charge in [-0.15, -0.1) is 11.3 Å². The summed E-state index contributed by atoms with van der Waals surface area (Å²) < 4.78 is 15.5. The van der Waals surface area contributed by atoms with E-state index in [0.717, 1.165) is 66.5 Å². The van der Waals surface area contributed by atoms with Crippen LogP contribution >= 0.6 is 11.3 Å². The standard InChI is InChI=1S/C52H31NO2S/c1-2-11-36(12-3-1)53(38-27-28-41-47(30-38)54-46-29-24-34-10-4-5-13-39(34)49(41)46)37-25-22-33(23-26-37)32-18-20-35(21-19-32)43-31-44-40-14-6-8-16-45(40)55-51(44)50-42-15-7-9-17-48(42)56-52(43)50/h1-31H. The number of furan rings is 2. The Morgan fingerprint density at radius 3 is 1.88 bits per heavy atom. The second-order valence-corrected chi connectivity index (χ2v) is 15.5. The van der Waals surface area contributed by atoms with E-state index in [9.17, 15) is 0 Å². The first-order chi connectivity index (χ1) is 27.7. The van der Waals surface area contributed by atoms with Gasteiger partial charge in [0, 0.05) is 70.4 Å². The minimum atomic E-state index is 0.875. The Hall–Kier alpha value is -7.14.